The highest BCUT2D eigenvalue weighted by Gasteiger charge is 2.72. The van der Waals surface area contributed by atoms with Crippen molar-refractivity contribution >= 4 is 12.1 Å². The minimum absolute atomic E-state index is 0.0320. The first-order valence-corrected chi connectivity index (χ1v) is 11.4. The van der Waals surface area contributed by atoms with Gasteiger partial charge in [-0.15, -0.1) is 0 Å². The van der Waals surface area contributed by atoms with E-state index in [4.69, 9.17) is 4.74 Å². The first-order chi connectivity index (χ1) is 14.8. The van der Waals surface area contributed by atoms with Gasteiger partial charge in [-0.25, -0.2) is 15.0 Å². The van der Waals surface area contributed by atoms with Crippen LogP contribution in [0.3, 0.4) is 0 Å². The lowest BCUT2D eigenvalue weighted by molar-refractivity contribution is -0.348. The van der Waals surface area contributed by atoms with Crippen LogP contribution in [0.25, 0.3) is 0 Å². The lowest BCUT2D eigenvalue weighted by Gasteiger charge is -2.60. The third kappa shape index (κ3) is 4.56. The molecule has 2 fully saturated rings. The van der Waals surface area contributed by atoms with E-state index in [-0.39, 0.29) is 6.04 Å². The number of hydrogen-bond acceptors (Lipinski definition) is 5. The average Bonchev–Trinajstić information content (AvgIpc) is 2.97. The highest BCUT2D eigenvalue weighted by atomic mass is 16.6. The zero-order valence-electron chi connectivity index (χ0n) is 19.4. The fourth-order valence-corrected chi connectivity index (χ4v) is 4.53. The summed E-state index contributed by atoms with van der Waals surface area (Å²) in [7, 11) is 0. The predicted molar refractivity (Wildman–Crippen MR) is 120 cm³/mol. The van der Waals surface area contributed by atoms with Crippen LogP contribution in [-0.2, 0) is 11.2 Å². The van der Waals surface area contributed by atoms with Crippen molar-refractivity contribution in [2.45, 2.75) is 84.2 Å². The number of nitrogens with zero attached hydrogens (tertiary/aromatic N) is 2. The zero-order valence-corrected chi connectivity index (χ0v) is 19.4. The van der Waals surface area contributed by atoms with Gasteiger partial charge in [-0.05, 0) is 50.5 Å². The number of amides is 4. The molecule has 0 spiro atoms. The molecule has 1 aromatic rings. The summed E-state index contributed by atoms with van der Waals surface area (Å²) in [6, 6.07) is 9.24. The standard InChI is InChI=1S/C23H37N5O3/c1-6-15-31-23-22(5,16-17(3)4)26-28(23)27(21(30)25-23)20(29)24-19(7-2)14-13-18-11-9-8-10-12-18/h8-12,17,19,26H,6-7,13-16H2,1-5H3,(H,24,29)(H,25,30). The lowest BCUT2D eigenvalue weighted by Crippen LogP contribution is -2.89. The monoisotopic (exact) mass is 431 g/mol. The number of fused-ring (bicyclic) bond motifs is 1. The summed E-state index contributed by atoms with van der Waals surface area (Å²) in [6.45, 7) is 10.8. The van der Waals surface area contributed by atoms with Crippen LogP contribution in [-0.4, -0.2) is 46.2 Å². The number of carbonyl (C=O) groups is 2. The van der Waals surface area contributed by atoms with Gasteiger partial charge in [-0.2, -0.15) is 5.01 Å². The third-order valence-corrected chi connectivity index (χ3v) is 6.04. The number of ether oxygens (including phenoxy) is 1. The Kier molecular flexibility index (Phi) is 7.24. The maximum atomic E-state index is 13.1. The summed E-state index contributed by atoms with van der Waals surface area (Å²) in [6.07, 6.45) is 4.05. The van der Waals surface area contributed by atoms with Gasteiger partial charge >= 0.3 is 12.1 Å². The first-order valence-electron chi connectivity index (χ1n) is 11.4. The van der Waals surface area contributed by atoms with Crippen LogP contribution < -0.4 is 16.1 Å². The van der Waals surface area contributed by atoms with Gasteiger partial charge in [-0.1, -0.05) is 63.1 Å². The van der Waals surface area contributed by atoms with Crippen molar-refractivity contribution in [3.8, 4) is 0 Å². The summed E-state index contributed by atoms with van der Waals surface area (Å²) in [5, 5.41) is 8.59. The molecule has 172 valence electrons. The van der Waals surface area contributed by atoms with Crippen LogP contribution in [0.15, 0.2) is 30.3 Å². The number of benzene rings is 1. The van der Waals surface area contributed by atoms with Crippen LogP contribution in [0.2, 0.25) is 0 Å². The van der Waals surface area contributed by atoms with Crippen LogP contribution in [0.1, 0.15) is 65.9 Å². The van der Waals surface area contributed by atoms with Gasteiger partial charge in [0.15, 0.2) is 0 Å². The Balaban J connectivity index is 1.69. The Labute approximate surface area is 185 Å². The molecule has 4 amide bonds. The molecule has 2 aliphatic heterocycles. The molecule has 3 rings (SSSR count). The van der Waals surface area contributed by atoms with Gasteiger partial charge in [0.2, 0.25) is 0 Å². The average molecular weight is 432 g/mol. The minimum Gasteiger partial charge on any atom is -0.339 e. The Hall–Kier alpha value is -2.16. The van der Waals surface area contributed by atoms with Crippen molar-refractivity contribution in [3.05, 3.63) is 35.9 Å². The summed E-state index contributed by atoms with van der Waals surface area (Å²) in [5.41, 5.74) is 4.03. The first kappa shape index (κ1) is 23.5. The number of rotatable bonds is 10. The van der Waals surface area contributed by atoms with E-state index < -0.39 is 23.5 Å². The summed E-state index contributed by atoms with van der Waals surface area (Å²) in [4.78, 5) is 26.0. The van der Waals surface area contributed by atoms with Crippen molar-refractivity contribution < 1.29 is 14.3 Å². The second-order valence-corrected chi connectivity index (χ2v) is 9.17. The summed E-state index contributed by atoms with van der Waals surface area (Å²) in [5.74, 6) is -0.669. The molecule has 8 nitrogen and oxygen atoms in total. The molecule has 2 saturated heterocycles. The van der Waals surface area contributed by atoms with Crippen molar-refractivity contribution in [2.75, 3.05) is 6.61 Å². The molecule has 31 heavy (non-hydrogen) atoms. The molecule has 3 unspecified atom stereocenters. The number of imide groups is 1. The molecule has 3 atom stereocenters. The molecular weight excluding hydrogens is 394 g/mol. The fraction of sp³-hybridized carbons (Fsp3) is 0.652. The van der Waals surface area contributed by atoms with E-state index in [0.29, 0.717) is 12.5 Å². The highest BCUT2D eigenvalue weighted by molar-refractivity contribution is 5.95. The molecule has 2 heterocycles. The largest absolute Gasteiger partial charge is 0.345 e. The van der Waals surface area contributed by atoms with E-state index in [1.807, 2.05) is 39.0 Å². The Morgan fingerprint density at radius 2 is 1.94 bits per heavy atom. The maximum Gasteiger partial charge on any atom is 0.345 e. The van der Waals surface area contributed by atoms with Crippen LogP contribution >= 0.6 is 0 Å². The second-order valence-electron chi connectivity index (χ2n) is 9.17. The Morgan fingerprint density at radius 3 is 2.55 bits per heavy atom. The number of aryl methyl sites for hydroxylation is 1. The summed E-state index contributed by atoms with van der Waals surface area (Å²) < 4.78 is 6.15. The van der Waals surface area contributed by atoms with E-state index in [9.17, 15) is 9.59 Å². The van der Waals surface area contributed by atoms with Gasteiger partial charge in [0.1, 0.15) is 0 Å². The van der Waals surface area contributed by atoms with Gasteiger partial charge in [0, 0.05) is 6.04 Å². The number of hydrogen-bond donors (Lipinski definition) is 3. The van der Waals surface area contributed by atoms with Gasteiger partial charge in [0.25, 0.3) is 5.85 Å². The predicted octanol–water partition coefficient (Wildman–Crippen LogP) is 3.75. The van der Waals surface area contributed by atoms with Crippen molar-refractivity contribution in [2.24, 2.45) is 5.92 Å². The molecule has 0 aliphatic carbocycles. The molecule has 0 aromatic heterocycles. The third-order valence-electron chi connectivity index (χ3n) is 6.04. The van der Waals surface area contributed by atoms with E-state index in [2.05, 4.69) is 42.0 Å². The van der Waals surface area contributed by atoms with Crippen LogP contribution in [0.5, 0.6) is 0 Å². The molecule has 2 aliphatic rings. The van der Waals surface area contributed by atoms with Crippen molar-refractivity contribution in [3.63, 3.8) is 0 Å². The van der Waals surface area contributed by atoms with Crippen LogP contribution in [0.4, 0.5) is 9.59 Å². The number of nitrogens with one attached hydrogen (secondary N) is 3. The lowest BCUT2D eigenvalue weighted by atomic mass is 9.82. The topological polar surface area (TPSA) is 85.9 Å². The number of urea groups is 2. The molecule has 0 saturated carbocycles. The van der Waals surface area contributed by atoms with Crippen LogP contribution in [0, 0.1) is 5.92 Å². The fourth-order valence-electron chi connectivity index (χ4n) is 4.53. The normalized spacial score (nSPS) is 26.4. The molecule has 0 bridgehead atoms. The number of hydrazine groups is 2. The minimum atomic E-state index is -1.06. The quantitative estimate of drug-likeness (QED) is 0.525. The van der Waals surface area contributed by atoms with Gasteiger partial charge < -0.3 is 10.1 Å². The van der Waals surface area contributed by atoms with Crippen molar-refractivity contribution in [1.29, 1.82) is 0 Å². The molecule has 3 N–H and O–H groups in total. The zero-order chi connectivity index (χ0) is 22.6. The van der Waals surface area contributed by atoms with Crippen molar-refractivity contribution in [1.82, 2.24) is 26.2 Å². The Morgan fingerprint density at radius 1 is 1.23 bits per heavy atom. The number of carbonyl (C=O) groups excluding carboxylic acids is 2. The highest BCUT2D eigenvalue weighted by Crippen LogP contribution is 2.44. The van der Waals surface area contributed by atoms with E-state index in [1.54, 1.807) is 0 Å². The maximum absolute atomic E-state index is 13.1. The second kappa shape index (κ2) is 9.54. The van der Waals surface area contributed by atoms with Gasteiger partial charge in [-0.3, -0.25) is 5.32 Å². The van der Waals surface area contributed by atoms with Gasteiger partial charge in [0.05, 0.1) is 12.1 Å². The SMILES string of the molecule is CCCOC12NC(=O)N(C(=O)NC(CC)CCc3ccccc3)N1NC2(C)CC(C)C. The van der Waals surface area contributed by atoms with E-state index in [0.717, 1.165) is 37.1 Å². The molecular formula is C23H37N5O3. The van der Waals surface area contributed by atoms with E-state index >= 15 is 0 Å². The molecule has 8 heteroatoms. The smallest absolute Gasteiger partial charge is 0.339 e. The Bertz CT molecular complexity index is 774. The summed E-state index contributed by atoms with van der Waals surface area (Å²) >= 11 is 0. The molecule has 1 aromatic carbocycles. The van der Waals surface area contributed by atoms with E-state index in [1.165, 1.54) is 10.7 Å². The molecule has 0 radical (unpaired) electrons.